The first-order chi connectivity index (χ1) is 10.0. The molecule has 6 heteroatoms. The van der Waals surface area contributed by atoms with Crippen LogP contribution >= 0.6 is 0 Å². The molecule has 0 spiro atoms. The van der Waals surface area contributed by atoms with Gasteiger partial charge in [-0.25, -0.2) is 8.42 Å². The van der Waals surface area contributed by atoms with Crippen LogP contribution < -0.4 is 0 Å². The molecule has 1 N–H and O–H groups in total. The van der Waals surface area contributed by atoms with Gasteiger partial charge >= 0.3 is 0 Å². The highest BCUT2D eigenvalue weighted by molar-refractivity contribution is 7.89. The fraction of sp³-hybridized carbons (Fsp3) is 0.533. The maximum atomic E-state index is 12.8. The van der Waals surface area contributed by atoms with Crippen molar-refractivity contribution < 1.29 is 13.5 Å². The van der Waals surface area contributed by atoms with E-state index in [2.05, 4.69) is 0 Å². The molecule has 0 saturated carbocycles. The first-order valence-corrected chi connectivity index (χ1v) is 8.58. The molecule has 1 aromatic rings. The third kappa shape index (κ3) is 3.26. The van der Waals surface area contributed by atoms with Crippen LogP contribution in [0.3, 0.4) is 0 Å². The van der Waals surface area contributed by atoms with E-state index < -0.39 is 10.0 Å². The standard InChI is InChI=1S/C15H20N2O3S/c1-12-10-15(6-5-13(12)11-16)21(19,20)17-8-3-2-4-14(17)7-9-18/h5-6,10,14,18H,2-4,7-9H2,1H3. The summed E-state index contributed by atoms with van der Waals surface area (Å²) in [7, 11) is -3.57. The Labute approximate surface area is 125 Å². The third-order valence-electron chi connectivity index (χ3n) is 3.96. The molecule has 1 heterocycles. The zero-order valence-electron chi connectivity index (χ0n) is 12.1. The molecule has 0 aliphatic carbocycles. The van der Waals surface area contributed by atoms with Gasteiger partial charge in [-0.15, -0.1) is 0 Å². The number of benzene rings is 1. The lowest BCUT2D eigenvalue weighted by Gasteiger charge is -2.34. The minimum absolute atomic E-state index is 0.0108. The van der Waals surface area contributed by atoms with Crippen LogP contribution in [0.15, 0.2) is 23.1 Å². The fourth-order valence-corrected chi connectivity index (χ4v) is 4.59. The summed E-state index contributed by atoms with van der Waals surface area (Å²) < 4.78 is 27.1. The molecule has 1 unspecified atom stereocenters. The molecule has 0 radical (unpaired) electrons. The topological polar surface area (TPSA) is 81.4 Å². The molecular formula is C15H20N2O3S. The molecule has 1 aliphatic heterocycles. The molecule has 114 valence electrons. The number of hydrogen-bond donors (Lipinski definition) is 1. The number of piperidine rings is 1. The highest BCUT2D eigenvalue weighted by Gasteiger charge is 2.33. The Kier molecular flexibility index (Phi) is 4.99. The van der Waals surface area contributed by atoms with Crippen molar-refractivity contribution >= 4 is 10.0 Å². The van der Waals surface area contributed by atoms with Crippen LogP contribution in [0, 0.1) is 18.3 Å². The van der Waals surface area contributed by atoms with Crippen molar-refractivity contribution in [3.63, 3.8) is 0 Å². The predicted molar refractivity (Wildman–Crippen MR) is 79.1 cm³/mol. The number of aliphatic hydroxyl groups is 1. The molecule has 0 aromatic heterocycles. The lowest BCUT2D eigenvalue weighted by Crippen LogP contribution is -2.44. The maximum Gasteiger partial charge on any atom is 0.243 e. The van der Waals surface area contributed by atoms with Gasteiger partial charge in [-0.1, -0.05) is 6.42 Å². The van der Waals surface area contributed by atoms with Gasteiger partial charge in [0.2, 0.25) is 10.0 Å². The average molecular weight is 308 g/mol. The Balaban J connectivity index is 2.36. The molecule has 2 rings (SSSR count). The second-order valence-electron chi connectivity index (χ2n) is 5.37. The second kappa shape index (κ2) is 6.56. The lowest BCUT2D eigenvalue weighted by atomic mass is 10.0. The van der Waals surface area contributed by atoms with Gasteiger partial charge in [-0.2, -0.15) is 9.57 Å². The molecule has 1 aromatic carbocycles. The summed E-state index contributed by atoms with van der Waals surface area (Å²) in [5.41, 5.74) is 1.15. The van der Waals surface area contributed by atoms with E-state index in [1.165, 1.54) is 10.4 Å². The van der Waals surface area contributed by atoms with Gasteiger partial charge in [-0.05, 0) is 49.9 Å². The van der Waals surface area contributed by atoms with E-state index in [4.69, 9.17) is 10.4 Å². The maximum absolute atomic E-state index is 12.8. The number of nitrogens with zero attached hydrogens (tertiary/aromatic N) is 2. The molecule has 0 bridgehead atoms. The predicted octanol–water partition coefficient (Wildman–Crippen LogP) is 1.79. The first kappa shape index (κ1) is 16.0. The van der Waals surface area contributed by atoms with Crippen LogP contribution in [0.5, 0.6) is 0 Å². The molecule has 1 atom stereocenters. The summed E-state index contributed by atoms with van der Waals surface area (Å²) in [6, 6.07) is 6.50. The van der Waals surface area contributed by atoms with Crippen molar-refractivity contribution in [1.82, 2.24) is 4.31 Å². The zero-order chi connectivity index (χ0) is 15.5. The monoisotopic (exact) mass is 308 g/mol. The van der Waals surface area contributed by atoms with Gasteiger partial charge in [0, 0.05) is 19.2 Å². The number of rotatable bonds is 4. The molecule has 21 heavy (non-hydrogen) atoms. The van der Waals surface area contributed by atoms with Crippen molar-refractivity contribution in [3.05, 3.63) is 29.3 Å². The second-order valence-corrected chi connectivity index (χ2v) is 7.26. The van der Waals surface area contributed by atoms with E-state index in [9.17, 15) is 8.42 Å². The largest absolute Gasteiger partial charge is 0.396 e. The van der Waals surface area contributed by atoms with E-state index in [1.807, 2.05) is 6.07 Å². The van der Waals surface area contributed by atoms with Crippen LogP contribution in [0.4, 0.5) is 0 Å². The van der Waals surface area contributed by atoms with Gasteiger partial charge in [0.05, 0.1) is 16.5 Å². The Bertz CT molecular complexity index is 647. The van der Waals surface area contributed by atoms with Crippen LogP contribution in [0.25, 0.3) is 0 Å². The van der Waals surface area contributed by atoms with Crippen LogP contribution in [-0.2, 0) is 10.0 Å². The Morgan fingerprint density at radius 1 is 1.43 bits per heavy atom. The Hall–Kier alpha value is -1.42. The van der Waals surface area contributed by atoms with Crippen LogP contribution in [-0.4, -0.2) is 37.0 Å². The summed E-state index contributed by atoms with van der Waals surface area (Å²) in [6.45, 7) is 2.22. The summed E-state index contributed by atoms with van der Waals surface area (Å²) in [4.78, 5) is 0.226. The van der Waals surface area contributed by atoms with E-state index in [1.54, 1.807) is 19.1 Å². The quantitative estimate of drug-likeness (QED) is 0.919. The number of sulfonamides is 1. The minimum Gasteiger partial charge on any atom is -0.396 e. The Morgan fingerprint density at radius 2 is 2.19 bits per heavy atom. The van der Waals surface area contributed by atoms with Crippen molar-refractivity contribution in [2.75, 3.05) is 13.2 Å². The lowest BCUT2D eigenvalue weighted by molar-refractivity contribution is 0.192. The van der Waals surface area contributed by atoms with Crippen molar-refractivity contribution in [3.8, 4) is 6.07 Å². The summed E-state index contributed by atoms with van der Waals surface area (Å²) in [5.74, 6) is 0. The highest BCUT2D eigenvalue weighted by Crippen LogP contribution is 2.27. The Morgan fingerprint density at radius 3 is 2.81 bits per heavy atom. The van der Waals surface area contributed by atoms with Crippen LogP contribution in [0.2, 0.25) is 0 Å². The van der Waals surface area contributed by atoms with Crippen molar-refractivity contribution in [2.45, 2.75) is 43.5 Å². The van der Waals surface area contributed by atoms with E-state index in [0.717, 1.165) is 19.3 Å². The number of hydrogen-bond acceptors (Lipinski definition) is 4. The number of aliphatic hydroxyl groups excluding tert-OH is 1. The zero-order valence-corrected chi connectivity index (χ0v) is 12.9. The average Bonchev–Trinajstić information content (AvgIpc) is 2.48. The molecule has 1 fully saturated rings. The smallest absolute Gasteiger partial charge is 0.243 e. The summed E-state index contributed by atoms with van der Waals surface area (Å²) >= 11 is 0. The first-order valence-electron chi connectivity index (χ1n) is 7.14. The van der Waals surface area contributed by atoms with Gasteiger partial charge < -0.3 is 5.11 Å². The molecule has 1 aliphatic rings. The van der Waals surface area contributed by atoms with Gasteiger partial charge in [0.1, 0.15) is 0 Å². The van der Waals surface area contributed by atoms with Gasteiger partial charge in [0.25, 0.3) is 0 Å². The van der Waals surface area contributed by atoms with E-state index in [-0.39, 0.29) is 17.5 Å². The van der Waals surface area contributed by atoms with Crippen molar-refractivity contribution in [1.29, 1.82) is 5.26 Å². The van der Waals surface area contributed by atoms with Crippen LogP contribution in [0.1, 0.15) is 36.8 Å². The van der Waals surface area contributed by atoms with Gasteiger partial charge in [-0.3, -0.25) is 0 Å². The molecule has 1 saturated heterocycles. The van der Waals surface area contributed by atoms with Gasteiger partial charge in [0.15, 0.2) is 0 Å². The fourth-order valence-electron chi connectivity index (χ4n) is 2.79. The third-order valence-corrected chi connectivity index (χ3v) is 5.91. The molecular weight excluding hydrogens is 288 g/mol. The molecule has 0 amide bonds. The minimum atomic E-state index is -3.57. The van der Waals surface area contributed by atoms with E-state index in [0.29, 0.717) is 24.1 Å². The van der Waals surface area contributed by atoms with E-state index >= 15 is 0 Å². The highest BCUT2D eigenvalue weighted by atomic mass is 32.2. The van der Waals surface area contributed by atoms with Crippen molar-refractivity contribution in [2.24, 2.45) is 0 Å². The summed E-state index contributed by atoms with van der Waals surface area (Å²) in [6.07, 6.45) is 3.09. The normalized spacial score (nSPS) is 20.1. The summed E-state index contributed by atoms with van der Waals surface area (Å²) in [5, 5.41) is 18.1. The molecule has 5 nitrogen and oxygen atoms in total. The number of nitriles is 1. The SMILES string of the molecule is Cc1cc(S(=O)(=O)N2CCCCC2CCO)ccc1C#N. The number of aryl methyl sites for hydroxylation is 1.